The van der Waals surface area contributed by atoms with E-state index in [-0.39, 0.29) is 0 Å². The van der Waals surface area contributed by atoms with Crippen LogP contribution in [0.4, 0.5) is 0 Å². The number of hydrogen-bond acceptors (Lipinski definition) is 3. The molecule has 0 saturated heterocycles. The molecule has 20 heavy (non-hydrogen) atoms. The summed E-state index contributed by atoms with van der Waals surface area (Å²) >= 11 is 9.65. The van der Waals surface area contributed by atoms with Crippen molar-refractivity contribution in [1.29, 1.82) is 0 Å². The molecule has 3 aromatic rings. The summed E-state index contributed by atoms with van der Waals surface area (Å²) in [4.78, 5) is 13.1. The molecule has 1 aromatic carbocycles. The summed E-state index contributed by atoms with van der Waals surface area (Å²) in [5.41, 5.74) is 1.72. The van der Waals surface area contributed by atoms with Crippen LogP contribution in [-0.4, -0.2) is 19.5 Å². The summed E-state index contributed by atoms with van der Waals surface area (Å²) in [5, 5.41) is 0.372. The molecule has 2 heterocycles. The number of nitrogens with zero attached hydrogens (tertiary/aromatic N) is 4. The van der Waals surface area contributed by atoms with Crippen molar-refractivity contribution in [3.8, 4) is 22.9 Å². The predicted molar refractivity (Wildman–Crippen MR) is 82.4 cm³/mol. The first-order chi connectivity index (χ1) is 9.66. The van der Waals surface area contributed by atoms with E-state index >= 15 is 0 Å². The highest BCUT2D eigenvalue weighted by Crippen LogP contribution is 2.32. The molecule has 3 rings (SSSR count). The Morgan fingerprint density at radius 2 is 1.90 bits per heavy atom. The van der Waals surface area contributed by atoms with Gasteiger partial charge in [0.05, 0.1) is 10.2 Å². The Morgan fingerprint density at radius 1 is 1.15 bits per heavy atom. The lowest BCUT2D eigenvalue weighted by Gasteiger charge is -2.08. The molecule has 0 spiro atoms. The molecule has 0 radical (unpaired) electrons. The quantitative estimate of drug-likeness (QED) is 0.658. The summed E-state index contributed by atoms with van der Waals surface area (Å²) in [5.74, 6) is 1.18. The minimum Gasteiger partial charge on any atom is -0.331 e. The maximum atomic E-state index is 6.20. The Labute approximate surface area is 129 Å². The van der Waals surface area contributed by atoms with E-state index in [1.54, 1.807) is 6.20 Å². The zero-order valence-corrected chi connectivity index (χ0v) is 12.9. The molecule has 0 bridgehead atoms. The molecule has 6 heteroatoms. The van der Waals surface area contributed by atoms with Crippen molar-refractivity contribution in [2.45, 2.75) is 0 Å². The number of aryl methyl sites for hydroxylation is 1. The molecule has 2 aromatic heterocycles. The van der Waals surface area contributed by atoms with Gasteiger partial charge in [-0.05, 0) is 15.9 Å². The Balaban J connectivity index is 2.21. The maximum absolute atomic E-state index is 6.20. The van der Waals surface area contributed by atoms with E-state index in [1.165, 1.54) is 0 Å². The highest BCUT2D eigenvalue weighted by Gasteiger charge is 2.15. The van der Waals surface area contributed by atoms with Crippen molar-refractivity contribution >= 4 is 27.5 Å². The fraction of sp³-hybridized carbons (Fsp3) is 0.0714. The molecule has 0 aliphatic rings. The summed E-state index contributed by atoms with van der Waals surface area (Å²) in [6.07, 6.45) is 3.55. The van der Waals surface area contributed by atoms with E-state index in [0.717, 1.165) is 11.3 Å². The first kappa shape index (κ1) is 13.3. The van der Waals surface area contributed by atoms with Gasteiger partial charge in [-0.3, -0.25) is 0 Å². The Bertz CT molecular complexity index is 755. The Hall–Kier alpha value is -1.72. The van der Waals surface area contributed by atoms with Gasteiger partial charge < -0.3 is 4.57 Å². The zero-order valence-electron chi connectivity index (χ0n) is 10.6. The van der Waals surface area contributed by atoms with Gasteiger partial charge in [0.1, 0.15) is 5.15 Å². The molecule has 100 valence electrons. The number of hydrogen-bond donors (Lipinski definition) is 0. The number of benzene rings is 1. The normalized spacial score (nSPS) is 10.8. The Morgan fingerprint density at radius 3 is 2.55 bits per heavy atom. The van der Waals surface area contributed by atoms with Crippen molar-refractivity contribution in [2.75, 3.05) is 0 Å². The smallest absolute Gasteiger partial charge is 0.197 e. The van der Waals surface area contributed by atoms with Gasteiger partial charge in [0.25, 0.3) is 0 Å². The van der Waals surface area contributed by atoms with Crippen LogP contribution < -0.4 is 0 Å². The second-order valence-corrected chi connectivity index (χ2v) is 5.38. The minimum absolute atomic E-state index is 0.372. The third-order valence-corrected chi connectivity index (χ3v) is 4.13. The number of halogens is 2. The molecule has 0 unspecified atom stereocenters. The maximum Gasteiger partial charge on any atom is 0.197 e. The van der Waals surface area contributed by atoms with Gasteiger partial charge in [0.2, 0.25) is 0 Å². The Kier molecular flexibility index (Phi) is 3.54. The third kappa shape index (κ3) is 2.34. The van der Waals surface area contributed by atoms with Crippen LogP contribution >= 0.6 is 27.5 Å². The van der Waals surface area contributed by atoms with Crippen LogP contribution in [0.25, 0.3) is 22.9 Å². The van der Waals surface area contributed by atoms with Gasteiger partial charge in [-0.1, -0.05) is 41.9 Å². The topological polar surface area (TPSA) is 43.6 Å². The van der Waals surface area contributed by atoms with Crippen LogP contribution in [0.1, 0.15) is 0 Å². The average Bonchev–Trinajstić information content (AvgIpc) is 2.89. The van der Waals surface area contributed by atoms with Crippen LogP contribution in [0.2, 0.25) is 5.15 Å². The second kappa shape index (κ2) is 5.34. The standard InChI is InChI=1S/C14H10BrClN4/c1-20-8-7-17-14(20)13-18-11(10(15)12(16)19-13)9-5-3-2-4-6-9/h2-8H,1H3. The largest absolute Gasteiger partial charge is 0.331 e. The van der Waals surface area contributed by atoms with E-state index in [9.17, 15) is 0 Å². The van der Waals surface area contributed by atoms with Crippen molar-refractivity contribution in [3.63, 3.8) is 0 Å². The molecule has 0 aliphatic heterocycles. The van der Waals surface area contributed by atoms with Gasteiger partial charge in [-0.15, -0.1) is 0 Å². The lowest BCUT2D eigenvalue weighted by molar-refractivity contribution is 0.906. The molecular formula is C14H10BrClN4. The van der Waals surface area contributed by atoms with Crippen molar-refractivity contribution in [1.82, 2.24) is 19.5 Å². The number of rotatable bonds is 2. The average molecular weight is 350 g/mol. The van der Waals surface area contributed by atoms with Crippen LogP contribution in [0, 0.1) is 0 Å². The first-order valence-corrected chi connectivity index (χ1v) is 7.10. The fourth-order valence-electron chi connectivity index (χ4n) is 1.89. The molecule has 4 nitrogen and oxygen atoms in total. The van der Waals surface area contributed by atoms with Crippen molar-refractivity contribution in [3.05, 3.63) is 52.4 Å². The first-order valence-electron chi connectivity index (χ1n) is 5.93. The van der Waals surface area contributed by atoms with Gasteiger partial charge in [0.15, 0.2) is 11.6 Å². The third-order valence-electron chi connectivity index (χ3n) is 2.88. The zero-order chi connectivity index (χ0) is 14.1. The minimum atomic E-state index is 0.372. The molecule has 0 saturated carbocycles. The molecule has 0 N–H and O–H groups in total. The van der Waals surface area contributed by atoms with E-state index in [2.05, 4.69) is 30.9 Å². The highest BCUT2D eigenvalue weighted by atomic mass is 79.9. The molecule has 0 amide bonds. The highest BCUT2D eigenvalue weighted by molar-refractivity contribution is 9.10. The molecule has 0 fully saturated rings. The van der Waals surface area contributed by atoms with E-state index in [0.29, 0.717) is 21.3 Å². The second-order valence-electron chi connectivity index (χ2n) is 4.23. The summed E-state index contributed by atoms with van der Waals surface area (Å²) < 4.78 is 2.54. The van der Waals surface area contributed by atoms with Gasteiger partial charge in [0, 0.05) is 25.0 Å². The summed E-state index contributed by atoms with van der Waals surface area (Å²) in [6, 6.07) is 9.83. The van der Waals surface area contributed by atoms with Gasteiger partial charge in [-0.2, -0.15) is 0 Å². The van der Waals surface area contributed by atoms with Crippen LogP contribution in [0.5, 0.6) is 0 Å². The lowest BCUT2D eigenvalue weighted by Crippen LogP contribution is -2.00. The predicted octanol–water partition coefficient (Wildman–Crippen LogP) is 3.96. The lowest BCUT2D eigenvalue weighted by atomic mass is 10.1. The van der Waals surface area contributed by atoms with E-state index in [4.69, 9.17) is 11.6 Å². The van der Waals surface area contributed by atoms with E-state index < -0.39 is 0 Å². The summed E-state index contributed by atoms with van der Waals surface area (Å²) in [6.45, 7) is 0. The molecule has 0 aliphatic carbocycles. The molecule has 0 atom stereocenters. The van der Waals surface area contributed by atoms with Gasteiger partial charge in [-0.25, -0.2) is 15.0 Å². The van der Waals surface area contributed by atoms with Crippen LogP contribution in [0.15, 0.2) is 47.2 Å². The molecular weight excluding hydrogens is 340 g/mol. The number of aromatic nitrogens is 4. The summed E-state index contributed by atoms with van der Waals surface area (Å²) in [7, 11) is 1.89. The van der Waals surface area contributed by atoms with Crippen molar-refractivity contribution in [2.24, 2.45) is 7.05 Å². The SMILES string of the molecule is Cn1ccnc1-c1nc(Cl)c(Br)c(-c2ccccc2)n1. The number of imidazole rings is 1. The van der Waals surface area contributed by atoms with Crippen LogP contribution in [-0.2, 0) is 7.05 Å². The van der Waals surface area contributed by atoms with E-state index in [1.807, 2.05) is 48.1 Å². The van der Waals surface area contributed by atoms with Crippen molar-refractivity contribution < 1.29 is 0 Å². The van der Waals surface area contributed by atoms with Gasteiger partial charge >= 0.3 is 0 Å². The van der Waals surface area contributed by atoms with Crippen LogP contribution in [0.3, 0.4) is 0 Å². The monoisotopic (exact) mass is 348 g/mol. The fourth-order valence-corrected chi connectivity index (χ4v) is 2.46.